The summed E-state index contributed by atoms with van der Waals surface area (Å²) in [6.07, 6.45) is 0.349. The fourth-order valence-electron chi connectivity index (χ4n) is 2.09. The van der Waals surface area contributed by atoms with Gasteiger partial charge in [-0.1, -0.05) is 5.16 Å². The Kier molecular flexibility index (Phi) is 8.20. The van der Waals surface area contributed by atoms with Gasteiger partial charge in [0.05, 0.1) is 12.8 Å². The minimum atomic E-state index is -4.98. The van der Waals surface area contributed by atoms with Crippen LogP contribution in [0.5, 0.6) is 0 Å². The molecule has 29 heavy (non-hydrogen) atoms. The summed E-state index contributed by atoms with van der Waals surface area (Å²) in [5, 5.41) is 14.7. The first kappa shape index (κ1) is 25.7. The topological polar surface area (TPSA) is 191 Å². The molecule has 1 saturated heterocycles. The molecule has 0 saturated carbocycles. The van der Waals surface area contributed by atoms with E-state index in [4.69, 9.17) is 10.2 Å². The predicted molar refractivity (Wildman–Crippen MR) is 94.5 cm³/mol. The number of nitrogens with one attached hydrogen (secondary N) is 2. The molecule has 1 fully saturated rings. The normalized spacial score (nSPS) is 17.6. The number of oxime groups is 1. The fourth-order valence-corrected chi connectivity index (χ4v) is 4.80. The first-order chi connectivity index (χ1) is 12.7. The van der Waals surface area contributed by atoms with Crippen LogP contribution in [0.3, 0.4) is 0 Å². The molecular formula is C12H16N5NaO8S3. The second kappa shape index (κ2) is 9.23. The standard InChI is InChI=1S/C12H17N5O8S3.Na/c1-6(2)25-15-9(8-5-26-12(13)17(8)27(3,20)21)10(18)14-7-4-16(11(7)19)28(22,23)24;/h5-7,13H,4H2,1-3H3,(H,14,18)(H,22,23,24);/q;+1/p-1. The number of carbonyl (C=O) groups is 2. The summed E-state index contributed by atoms with van der Waals surface area (Å²) >= 11 is 0.719. The molecule has 13 nitrogen and oxygen atoms in total. The van der Waals surface area contributed by atoms with E-state index >= 15 is 0 Å². The monoisotopic (exact) mass is 477 g/mol. The van der Waals surface area contributed by atoms with E-state index in [-0.39, 0.29) is 39.6 Å². The summed E-state index contributed by atoms with van der Waals surface area (Å²) in [5.74, 6) is -2.17. The number of hydrogen-bond acceptors (Lipinski definition) is 11. The molecule has 1 atom stereocenters. The van der Waals surface area contributed by atoms with Crippen LogP contribution >= 0.6 is 11.3 Å². The molecule has 156 valence electrons. The van der Waals surface area contributed by atoms with Crippen LogP contribution in [0.25, 0.3) is 0 Å². The van der Waals surface area contributed by atoms with Crippen molar-refractivity contribution in [1.82, 2.24) is 13.6 Å². The van der Waals surface area contributed by atoms with Gasteiger partial charge in [-0.05, 0) is 13.8 Å². The third-order valence-corrected chi connectivity index (χ3v) is 6.07. The zero-order valence-corrected chi connectivity index (χ0v) is 20.2. The smallest absolute Gasteiger partial charge is 0.731 e. The van der Waals surface area contributed by atoms with Crippen LogP contribution in [0.15, 0.2) is 10.5 Å². The van der Waals surface area contributed by atoms with E-state index in [1.807, 2.05) is 0 Å². The summed E-state index contributed by atoms with van der Waals surface area (Å²) < 4.78 is 57.1. The van der Waals surface area contributed by atoms with Crippen molar-refractivity contribution in [2.75, 3.05) is 12.8 Å². The molecule has 0 aromatic carbocycles. The van der Waals surface area contributed by atoms with Crippen LogP contribution in [0.4, 0.5) is 0 Å². The number of hydrogen-bond donors (Lipinski definition) is 2. The van der Waals surface area contributed by atoms with E-state index in [0.29, 0.717) is 3.97 Å². The minimum absolute atomic E-state index is 0. The largest absolute Gasteiger partial charge is 1.00 e. The second-order valence-corrected chi connectivity index (χ2v) is 9.89. The van der Waals surface area contributed by atoms with Crippen molar-refractivity contribution >= 4 is 49.2 Å². The summed E-state index contributed by atoms with van der Waals surface area (Å²) in [7, 11) is -8.95. The molecular weight excluding hydrogens is 461 g/mol. The average molecular weight is 477 g/mol. The van der Waals surface area contributed by atoms with Crippen LogP contribution in [0, 0.1) is 5.41 Å². The maximum Gasteiger partial charge on any atom is 1.00 e. The van der Waals surface area contributed by atoms with Crippen molar-refractivity contribution in [2.45, 2.75) is 26.0 Å². The van der Waals surface area contributed by atoms with Gasteiger partial charge in [0, 0.05) is 5.38 Å². The summed E-state index contributed by atoms with van der Waals surface area (Å²) in [6, 6.07) is -1.30. The molecule has 2 amide bonds. The maximum atomic E-state index is 12.6. The van der Waals surface area contributed by atoms with Crippen LogP contribution in [-0.4, -0.2) is 72.1 Å². The third-order valence-electron chi connectivity index (χ3n) is 3.30. The summed E-state index contributed by atoms with van der Waals surface area (Å²) in [4.78, 5) is 28.9. The van der Waals surface area contributed by atoms with Gasteiger partial charge in [0.15, 0.2) is 20.8 Å². The molecule has 0 bridgehead atoms. The number of β-lactam (4-membered cyclic amide) rings is 1. The quantitative estimate of drug-likeness (QED) is 0.128. The van der Waals surface area contributed by atoms with E-state index in [0.717, 1.165) is 17.6 Å². The zero-order chi connectivity index (χ0) is 21.4. The fraction of sp³-hybridized carbons (Fsp3) is 0.500. The molecule has 17 heteroatoms. The van der Waals surface area contributed by atoms with Crippen molar-refractivity contribution < 1.29 is 65.4 Å². The zero-order valence-electron chi connectivity index (χ0n) is 15.8. The van der Waals surface area contributed by atoms with Crippen molar-refractivity contribution in [3.8, 4) is 0 Å². The van der Waals surface area contributed by atoms with E-state index in [1.54, 1.807) is 13.8 Å². The maximum absolute atomic E-state index is 12.6. The Balaban J connectivity index is 0.00000420. The van der Waals surface area contributed by atoms with Gasteiger partial charge in [0.2, 0.25) is 10.0 Å². The first-order valence-corrected chi connectivity index (χ1v) is 11.6. The van der Waals surface area contributed by atoms with Gasteiger partial charge in [-0.2, -0.15) is 0 Å². The van der Waals surface area contributed by atoms with Crippen LogP contribution < -0.4 is 39.7 Å². The Hall–Kier alpha value is -1.30. The van der Waals surface area contributed by atoms with Crippen molar-refractivity contribution in [1.29, 1.82) is 5.41 Å². The second-order valence-electron chi connectivity index (χ2n) is 5.90. The van der Waals surface area contributed by atoms with Gasteiger partial charge < -0.3 is 14.7 Å². The van der Waals surface area contributed by atoms with Crippen LogP contribution in [-0.2, 0) is 34.8 Å². The number of amides is 2. The number of thiazole rings is 1. The van der Waals surface area contributed by atoms with E-state index in [9.17, 15) is 31.0 Å². The Morgan fingerprint density at radius 1 is 1.41 bits per heavy atom. The summed E-state index contributed by atoms with van der Waals surface area (Å²) in [6.45, 7) is 2.63. The van der Waals surface area contributed by atoms with Gasteiger partial charge in [-0.3, -0.25) is 15.0 Å². The number of rotatable bonds is 7. The molecule has 1 unspecified atom stereocenters. The molecule has 0 aliphatic carbocycles. The van der Waals surface area contributed by atoms with Crippen LogP contribution in [0.2, 0.25) is 0 Å². The van der Waals surface area contributed by atoms with E-state index in [1.165, 1.54) is 5.38 Å². The number of aromatic nitrogens is 1. The Morgan fingerprint density at radius 3 is 2.45 bits per heavy atom. The van der Waals surface area contributed by atoms with Gasteiger partial charge in [-0.15, -0.1) is 11.3 Å². The van der Waals surface area contributed by atoms with Crippen molar-refractivity contribution in [3.63, 3.8) is 0 Å². The van der Waals surface area contributed by atoms with E-state index in [2.05, 4.69) is 10.5 Å². The van der Waals surface area contributed by atoms with Crippen molar-refractivity contribution in [2.24, 2.45) is 5.16 Å². The van der Waals surface area contributed by atoms with Crippen LogP contribution in [0.1, 0.15) is 19.5 Å². The predicted octanol–water partition coefficient (Wildman–Crippen LogP) is -5.24. The molecule has 2 heterocycles. The van der Waals surface area contributed by atoms with Gasteiger partial charge in [0.25, 0.3) is 11.8 Å². The Morgan fingerprint density at radius 2 is 2.00 bits per heavy atom. The minimum Gasteiger partial charge on any atom is -0.731 e. The van der Waals surface area contributed by atoms with Crippen molar-refractivity contribution in [3.05, 3.63) is 15.9 Å². The molecule has 1 aromatic rings. The first-order valence-electron chi connectivity index (χ1n) is 7.51. The number of carbonyl (C=O) groups excluding carboxylic acids is 2. The SMILES string of the molecule is CC(C)ON=C(C(=O)NC1CN(S(=O)(=O)[O-])C1=O)c1csc(=N)n1S(C)(=O)=O.[Na+]. The summed E-state index contributed by atoms with van der Waals surface area (Å²) in [5.41, 5.74) is -0.805. The number of nitrogens with zero attached hydrogens (tertiary/aromatic N) is 3. The molecule has 2 rings (SSSR count). The Bertz CT molecular complexity index is 1100. The molecule has 1 aliphatic rings. The van der Waals surface area contributed by atoms with Gasteiger partial charge in [-0.25, -0.2) is 25.1 Å². The van der Waals surface area contributed by atoms with E-state index < -0.39 is 61.3 Å². The molecule has 1 aromatic heterocycles. The molecule has 2 N–H and O–H groups in total. The average Bonchev–Trinajstić information content (AvgIpc) is 2.91. The molecule has 0 radical (unpaired) electrons. The Labute approximate surface area is 192 Å². The van der Waals surface area contributed by atoms with Gasteiger partial charge in [0.1, 0.15) is 17.8 Å². The molecule has 1 aliphatic heterocycles. The molecule has 0 spiro atoms. The van der Waals surface area contributed by atoms with Gasteiger partial charge >= 0.3 is 29.6 Å². The third kappa shape index (κ3) is 5.87.